The summed E-state index contributed by atoms with van der Waals surface area (Å²) >= 11 is 1.30. The molecule has 5 rings (SSSR count). The molecule has 3 N–H and O–H groups in total. The van der Waals surface area contributed by atoms with Crippen molar-refractivity contribution in [3.8, 4) is 11.1 Å². The molecule has 1 aromatic heterocycles. The van der Waals surface area contributed by atoms with Crippen LogP contribution in [-0.2, 0) is 30.5 Å². The minimum atomic E-state index is -1.15. The highest BCUT2D eigenvalue weighted by atomic mass is 32.2. The van der Waals surface area contributed by atoms with E-state index in [-0.39, 0.29) is 73.5 Å². The van der Waals surface area contributed by atoms with Crippen molar-refractivity contribution < 1.29 is 37.1 Å². The number of thioether (sulfide) groups is 1. The number of imide groups is 1. The summed E-state index contributed by atoms with van der Waals surface area (Å²) in [5.41, 5.74) is 1.66. The fourth-order valence-electron chi connectivity index (χ4n) is 7.47. The second kappa shape index (κ2) is 21.4. The van der Waals surface area contributed by atoms with Crippen molar-refractivity contribution in [3.05, 3.63) is 95.8 Å². The molecule has 15 heteroatoms. The van der Waals surface area contributed by atoms with Crippen LogP contribution in [-0.4, -0.2) is 101 Å². The molecule has 5 amide bonds. The third-order valence-electron chi connectivity index (χ3n) is 10.4. The van der Waals surface area contributed by atoms with Crippen LogP contribution in [0.4, 0.5) is 13.2 Å². The molecule has 0 bridgehead atoms. The van der Waals surface area contributed by atoms with Gasteiger partial charge in [0.15, 0.2) is 0 Å². The summed E-state index contributed by atoms with van der Waals surface area (Å²) in [5, 5.41) is 8.65. The van der Waals surface area contributed by atoms with Gasteiger partial charge in [0.1, 0.15) is 17.8 Å². The van der Waals surface area contributed by atoms with E-state index in [1.807, 2.05) is 55.7 Å². The number of nitrogens with zero attached hydrogens (tertiary/aromatic N) is 3. The monoisotopic (exact) mass is 836 g/mol. The number of aromatic nitrogens is 1. The quantitative estimate of drug-likeness (QED) is 0.0914. The second-order valence-corrected chi connectivity index (χ2v) is 17.2. The maximum atomic E-state index is 15.2. The molecule has 0 saturated carbocycles. The van der Waals surface area contributed by atoms with E-state index in [0.717, 1.165) is 23.8 Å². The molecule has 1 unspecified atom stereocenters. The number of amides is 5. The molecule has 11 nitrogen and oxygen atoms in total. The average Bonchev–Trinajstić information content (AvgIpc) is 3.89. The molecule has 2 aliphatic rings. The zero-order valence-corrected chi connectivity index (χ0v) is 34.8. The molecule has 0 radical (unpaired) electrons. The van der Waals surface area contributed by atoms with Crippen molar-refractivity contribution in [1.82, 2.24) is 30.3 Å². The number of hydrogen-bond donors (Lipinski definition) is 3. The van der Waals surface area contributed by atoms with Gasteiger partial charge in [0, 0.05) is 105 Å². The van der Waals surface area contributed by atoms with Gasteiger partial charge in [-0.05, 0) is 48.1 Å². The van der Waals surface area contributed by atoms with Crippen molar-refractivity contribution in [1.29, 1.82) is 0 Å². The minimum absolute atomic E-state index is 0.0410. The number of carbonyl (C=O) groups is 5. The number of rotatable bonds is 21. The molecule has 3 atom stereocenters. The van der Waals surface area contributed by atoms with Crippen LogP contribution in [0.25, 0.3) is 11.1 Å². The standard InChI is InChI=1S/C44H55F3N6O5S/c1-44(2,3)43(37-22-31(34-23-33(45)13-14-35(34)46)27-51(37)26-30-10-6-4-7-11-30)53(28-32-24-48-25-36(32)47)42(58)29-59-21-17-39(55)50-19-18-49-38(54)12-8-5-9-20-52-40(56)15-16-41(52)57/h4,6-7,10-11,13-16,22-23,27,32,36,43,48H,5,8-9,12,17-21,24-26,28-29H2,1-3H3,(H,49,54)(H,50,55)/t32-,36-,43?/m0/s1. The summed E-state index contributed by atoms with van der Waals surface area (Å²) in [6, 6.07) is 14.2. The number of hydrogen-bond acceptors (Lipinski definition) is 7. The zero-order chi connectivity index (χ0) is 42.5. The first kappa shape index (κ1) is 45.2. The van der Waals surface area contributed by atoms with Gasteiger partial charge >= 0.3 is 0 Å². The van der Waals surface area contributed by atoms with Gasteiger partial charge in [-0.1, -0.05) is 57.5 Å². The molecule has 59 heavy (non-hydrogen) atoms. The first-order valence-electron chi connectivity index (χ1n) is 20.2. The van der Waals surface area contributed by atoms with Gasteiger partial charge in [0.05, 0.1) is 11.8 Å². The number of unbranched alkanes of at least 4 members (excludes halogenated alkanes) is 2. The summed E-state index contributed by atoms with van der Waals surface area (Å²) in [6.45, 7) is 7.97. The third kappa shape index (κ3) is 13.0. The molecular formula is C44H55F3N6O5S. The zero-order valence-electron chi connectivity index (χ0n) is 34.0. The molecule has 3 aromatic rings. The van der Waals surface area contributed by atoms with Gasteiger partial charge in [-0.25, -0.2) is 13.2 Å². The van der Waals surface area contributed by atoms with E-state index in [2.05, 4.69) is 16.0 Å². The summed E-state index contributed by atoms with van der Waals surface area (Å²) < 4.78 is 46.7. The van der Waals surface area contributed by atoms with Crippen LogP contribution in [0.5, 0.6) is 0 Å². The van der Waals surface area contributed by atoms with E-state index in [4.69, 9.17) is 0 Å². The Morgan fingerprint density at radius 3 is 2.27 bits per heavy atom. The van der Waals surface area contributed by atoms with Crippen LogP contribution >= 0.6 is 11.8 Å². The van der Waals surface area contributed by atoms with Crippen molar-refractivity contribution in [2.75, 3.05) is 50.8 Å². The topological polar surface area (TPSA) is 133 Å². The first-order chi connectivity index (χ1) is 28.2. The van der Waals surface area contributed by atoms with Crippen molar-refractivity contribution in [2.24, 2.45) is 11.3 Å². The Morgan fingerprint density at radius 1 is 0.915 bits per heavy atom. The lowest BCUT2D eigenvalue weighted by Gasteiger charge is -2.42. The molecular weight excluding hydrogens is 782 g/mol. The van der Waals surface area contributed by atoms with Crippen LogP contribution in [0.2, 0.25) is 0 Å². The lowest BCUT2D eigenvalue weighted by atomic mass is 9.82. The predicted molar refractivity (Wildman–Crippen MR) is 223 cm³/mol. The Balaban J connectivity index is 1.18. The maximum absolute atomic E-state index is 15.2. The molecule has 2 aromatic carbocycles. The third-order valence-corrected chi connectivity index (χ3v) is 11.4. The Kier molecular flexibility index (Phi) is 16.4. The van der Waals surface area contributed by atoms with E-state index in [1.54, 1.807) is 17.2 Å². The van der Waals surface area contributed by atoms with Gasteiger partial charge in [-0.2, -0.15) is 11.8 Å². The van der Waals surface area contributed by atoms with E-state index < -0.39 is 35.2 Å². The lowest BCUT2D eigenvalue weighted by Crippen LogP contribution is -2.46. The fourth-order valence-corrected chi connectivity index (χ4v) is 8.28. The molecule has 2 aliphatic heterocycles. The lowest BCUT2D eigenvalue weighted by molar-refractivity contribution is -0.137. The smallest absolute Gasteiger partial charge is 0.253 e. The van der Waals surface area contributed by atoms with Crippen molar-refractivity contribution in [2.45, 2.75) is 71.6 Å². The van der Waals surface area contributed by atoms with Crippen LogP contribution in [0.15, 0.2) is 72.9 Å². The van der Waals surface area contributed by atoms with Gasteiger partial charge in [0.25, 0.3) is 11.8 Å². The van der Waals surface area contributed by atoms with Crippen molar-refractivity contribution >= 4 is 41.3 Å². The predicted octanol–water partition coefficient (Wildman–Crippen LogP) is 5.80. The maximum Gasteiger partial charge on any atom is 0.253 e. The van der Waals surface area contributed by atoms with Gasteiger partial charge < -0.3 is 25.4 Å². The summed E-state index contributed by atoms with van der Waals surface area (Å²) in [5.74, 6) is -2.44. The normalized spacial score (nSPS) is 17.1. The van der Waals surface area contributed by atoms with Crippen LogP contribution in [0.1, 0.15) is 70.2 Å². The SMILES string of the molecule is CC(C)(C)C(c1cc(-c2cc(F)ccc2F)cn1Cc1ccccc1)N(C[C@@H]1CNC[C@@H]1F)C(=O)CSCCC(=O)NCCNC(=O)CCCCCN1C(=O)C=CC1=O. The Hall–Kier alpha value is -4.89. The number of alkyl halides is 1. The minimum Gasteiger partial charge on any atom is -0.354 e. The van der Waals surface area contributed by atoms with Crippen LogP contribution < -0.4 is 16.0 Å². The van der Waals surface area contributed by atoms with E-state index in [1.165, 1.54) is 28.8 Å². The van der Waals surface area contributed by atoms with Crippen LogP contribution in [0.3, 0.4) is 0 Å². The Bertz CT molecular complexity index is 1950. The number of nitrogens with one attached hydrogen (secondary N) is 3. The second-order valence-electron chi connectivity index (χ2n) is 16.1. The van der Waals surface area contributed by atoms with E-state index in [0.29, 0.717) is 62.3 Å². The molecule has 0 aliphatic carbocycles. The molecule has 1 saturated heterocycles. The van der Waals surface area contributed by atoms with Gasteiger partial charge in [-0.15, -0.1) is 0 Å². The Morgan fingerprint density at radius 2 is 1.61 bits per heavy atom. The summed E-state index contributed by atoms with van der Waals surface area (Å²) in [4.78, 5) is 65.3. The first-order valence-corrected chi connectivity index (χ1v) is 21.3. The Labute approximate surface area is 348 Å². The summed E-state index contributed by atoms with van der Waals surface area (Å²) in [6.07, 6.45) is 5.47. The van der Waals surface area contributed by atoms with Crippen LogP contribution in [0, 0.1) is 23.0 Å². The number of halogens is 3. The van der Waals surface area contributed by atoms with Gasteiger partial charge in [-0.3, -0.25) is 28.9 Å². The molecule has 3 heterocycles. The number of carbonyl (C=O) groups excluding carboxylic acids is 5. The van der Waals surface area contributed by atoms with Gasteiger partial charge in [0.2, 0.25) is 17.7 Å². The molecule has 1 fully saturated rings. The largest absolute Gasteiger partial charge is 0.354 e. The fraction of sp³-hybridized carbons (Fsp3) is 0.477. The highest BCUT2D eigenvalue weighted by molar-refractivity contribution is 7.99. The number of benzene rings is 2. The van der Waals surface area contributed by atoms with E-state index >= 15 is 8.78 Å². The highest BCUT2D eigenvalue weighted by Crippen LogP contribution is 2.42. The highest BCUT2D eigenvalue weighted by Gasteiger charge is 2.40. The average molecular weight is 837 g/mol. The van der Waals surface area contributed by atoms with E-state index in [9.17, 15) is 28.4 Å². The molecule has 0 spiro atoms. The summed E-state index contributed by atoms with van der Waals surface area (Å²) in [7, 11) is 0. The van der Waals surface area contributed by atoms with Crippen molar-refractivity contribution in [3.63, 3.8) is 0 Å². The molecule has 318 valence electrons.